The summed E-state index contributed by atoms with van der Waals surface area (Å²) in [6, 6.07) is 0.268. The Balaban J connectivity index is 2.19. The standard InChI is InChI=1S/C10H20N2O3/c1-14-5-3-11-9-7-10(13)12(8-9)4-6-15-2/h9,11H,3-8H2,1-2H3. The molecule has 0 aliphatic carbocycles. The first-order valence-corrected chi connectivity index (χ1v) is 5.27. The number of carbonyl (C=O) groups is 1. The van der Waals surface area contributed by atoms with E-state index in [0.717, 1.165) is 13.1 Å². The van der Waals surface area contributed by atoms with Gasteiger partial charge in [-0.1, -0.05) is 0 Å². The van der Waals surface area contributed by atoms with E-state index in [9.17, 15) is 4.79 Å². The van der Waals surface area contributed by atoms with Gasteiger partial charge in [-0.05, 0) is 0 Å². The van der Waals surface area contributed by atoms with Crippen LogP contribution in [0.25, 0.3) is 0 Å². The summed E-state index contributed by atoms with van der Waals surface area (Å²) in [7, 11) is 3.32. The Hall–Kier alpha value is -0.650. The van der Waals surface area contributed by atoms with Gasteiger partial charge in [0.25, 0.3) is 0 Å². The maximum Gasteiger partial charge on any atom is 0.224 e. The minimum atomic E-state index is 0.210. The van der Waals surface area contributed by atoms with Crippen molar-refractivity contribution in [3.8, 4) is 0 Å². The predicted molar refractivity (Wildman–Crippen MR) is 56.7 cm³/mol. The first-order valence-electron chi connectivity index (χ1n) is 5.27. The van der Waals surface area contributed by atoms with E-state index in [0.29, 0.717) is 26.2 Å². The van der Waals surface area contributed by atoms with Gasteiger partial charge < -0.3 is 19.7 Å². The van der Waals surface area contributed by atoms with Gasteiger partial charge >= 0.3 is 0 Å². The number of ether oxygens (including phenoxy) is 2. The zero-order valence-electron chi connectivity index (χ0n) is 9.49. The summed E-state index contributed by atoms with van der Waals surface area (Å²) in [5.74, 6) is 0.210. The Labute approximate surface area is 90.7 Å². The SMILES string of the molecule is COCCNC1CC(=O)N(CCOC)C1. The van der Waals surface area contributed by atoms with Crippen LogP contribution in [0.4, 0.5) is 0 Å². The second kappa shape index (κ2) is 6.76. The summed E-state index contributed by atoms with van der Waals surface area (Å²) in [6.07, 6.45) is 0.591. The second-order valence-electron chi connectivity index (χ2n) is 3.68. The van der Waals surface area contributed by atoms with Gasteiger partial charge in [-0.2, -0.15) is 0 Å². The summed E-state index contributed by atoms with van der Waals surface area (Å²) in [5, 5.41) is 3.29. The molecule has 0 bridgehead atoms. The Morgan fingerprint density at radius 3 is 2.80 bits per heavy atom. The van der Waals surface area contributed by atoms with Crippen molar-refractivity contribution >= 4 is 5.91 Å². The lowest BCUT2D eigenvalue weighted by atomic mass is 10.2. The lowest BCUT2D eigenvalue weighted by Gasteiger charge is -2.16. The van der Waals surface area contributed by atoms with Crippen LogP contribution in [-0.4, -0.2) is 63.9 Å². The van der Waals surface area contributed by atoms with E-state index in [1.54, 1.807) is 14.2 Å². The van der Waals surface area contributed by atoms with Crippen molar-refractivity contribution in [1.29, 1.82) is 0 Å². The van der Waals surface area contributed by atoms with Crippen LogP contribution in [0.15, 0.2) is 0 Å². The molecule has 0 aromatic carbocycles. The Morgan fingerprint density at radius 1 is 1.40 bits per heavy atom. The Morgan fingerprint density at radius 2 is 2.13 bits per heavy atom. The van der Waals surface area contributed by atoms with Crippen molar-refractivity contribution in [3.63, 3.8) is 0 Å². The summed E-state index contributed by atoms with van der Waals surface area (Å²) in [4.78, 5) is 13.4. The van der Waals surface area contributed by atoms with E-state index < -0.39 is 0 Å². The molecule has 1 fully saturated rings. The molecule has 1 aliphatic rings. The fraction of sp³-hybridized carbons (Fsp3) is 0.900. The third-order valence-electron chi connectivity index (χ3n) is 2.52. The van der Waals surface area contributed by atoms with Gasteiger partial charge in [0.05, 0.1) is 13.2 Å². The topological polar surface area (TPSA) is 50.8 Å². The fourth-order valence-corrected chi connectivity index (χ4v) is 1.69. The predicted octanol–water partition coefficient (Wildman–Crippen LogP) is -0.530. The molecule has 0 aromatic heterocycles. The molecule has 0 saturated carbocycles. The average molecular weight is 216 g/mol. The molecule has 1 atom stereocenters. The number of nitrogens with one attached hydrogen (secondary N) is 1. The van der Waals surface area contributed by atoms with Gasteiger partial charge in [0.15, 0.2) is 0 Å². The van der Waals surface area contributed by atoms with Crippen LogP contribution >= 0.6 is 0 Å². The maximum absolute atomic E-state index is 11.5. The molecular weight excluding hydrogens is 196 g/mol. The van der Waals surface area contributed by atoms with Crippen molar-refractivity contribution < 1.29 is 14.3 Å². The van der Waals surface area contributed by atoms with Gasteiger partial charge in [0.2, 0.25) is 5.91 Å². The number of methoxy groups -OCH3 is 2. The van der Waals surface area contributed by atoms with Crippen LogP contribution in [0.5, 0.6) is 0 Å². The smallest absolute Gasteiger partial charge is 0.224 e. The highest BCUT2D eigenvalue weighted by Crippen LogP contribution is 2.10. The van der Waals surface area contributed by atoms with E-state index in [1.165, 1.54) is 0 Å². The minimum Gasteiger partial charge on any atom is -0.383 e. The third kappa shape index (κ3) is 4.15. The summed E-state index contributed by atoms with van der Waals surface area (Å²) in [5.41, 5.74) is 0. The molecule has 1 rings (SSSR count). The van der Waals surface area contributed by atoms with Crippen molar-refractivity contribution in [2.45, 2.75) is 12.5 Å². The molecule has 1 saturated heterocycles. The third-order valence-corrected chi connectivity index (χ3v) is 2.52. The number of nitrogens with zero attached hydrogens (tertiary/aromatic N) is 1. The second-order valence-corrected chi connectivity index (χ2v) is 3.68. The highest BCUT2D eigenvalue weighted by atomic mass is 16.5. The molecule has 1 amide bonds. The van der Waals surface area contributed by atoms with E-state index >= 15 is 0 Å². The van der Waals surface area contributed by atoms with Crippen LogP contribution in [-0.2, 0) is 14.3 Å². The van der Waals surface area contributed by atoms with Crippen LogP contribution in [0.3, 0.4) is 0 Å². The quantitative estimate of drug-likeness (QED) is 0.581. The molecule has 1 N–H and O–H groups in total. The van der Waals surface area contributed by atoms with Crippen molar-refractivity contribution in [1.82, 2.24) is 10.2 Å². The molecule has 88 valence electrons. The first kappa shape index (κ1) is 12.4. The molecule has 0 radical (unpaired) electrons. The maximum atomic E-state index is 11.5. The average Bonchev–Trinajstić information content (AvgIpc) is 2.57. The van der Waals surface area contributed by atoms with Gasteiger partial charge in [-0.25, -0.2) is 0 Å². The molecule has 0 spiro atoms. The first-order chi connectivity index (χ1) is 7.27. The minimum absolute atomic E-state index is 0.210. The van der Waals surface area contributed by atoms with Gasteiger partial charge in [-0.15, -0.1) is 0 Å². The monoisotopic (exact) mass is 216 g/mol. The van der Waals surface area contributed by atoms with Crippen molar-refractivity contribution in [2.24, 2.45) is 0 Å². The molecule has 5 heteroatoms. The van der Waals surface area contributed by atoms with Crippen LogP contribution < -0.4 is 5.32 Å². The molecular formula is C10H20N2O3. The summed E-state index contributed by atoms with van der Waals surface area (Å²) < 4.78 is 9.89. The highest BCUT2D eigenvalue weighted by molar-refractivity contribution is 5.79. The number of amides is 1. The van der Waals surface area contributed by atoms with E-state index in [2.05, 4.69) is 5.32 Å². The van der Waals surface area contributed by atoms with Crippen LogP contribution in [0.2, 0.25) is 0 Å². The number of hydrogen-bond donors (Lipinski definition) is 1. The number of likely N-dealkylation sites (tertiary alicyclic amines) is 1. The number of hydrogen-bond acceptors (Lipinski definition) is 4. The van der Waals surface area contributed by atoms with E-state index in [4.69, 9.17) is 9.47 Å². The number of carbonyl (C=O) groups excluding carboxylic acids is 1. The summed E-state index contributed by atoms with van der Waals surface area (Å²) >= 11 is 0. The van der Waals surface area contributed by atoms with Crippen molar-refractivity contribution in [3.05, 3.63) is 0 Å². The molecule has 15 heavy (non-hydrogen) atoms. The Bertz CT molecular complexity index is 199. The van der Waals surface area contributed by atoms with E-state index in [-0.39, 0.29) is 11.9 Å². The molecule has 1 aliphatic heterocycles. The molecule has 1 unspecified atom stereocenters. The van der Waals surface area contributed by atoms with E-state index in [1.807, 2.05) is 4.90 Å². The molecule has 0 aromatic rings. The lowest BCUT2D eigenvalue weighted by Crippen LogP contribution is -2.35. The molecule has 5 nitrogen and oxygen atoms in total. The normalized spacial score (nSPS) is 21.3. The highest BCUT2D eigenvalue weighted by Gasteiger charge is 2.28. The van der Waals surface area contributed by atoms with Gasteiger partial charge in [0, 0.05) is 46.3 Å². The van der Waals surface area contributed by atoms with Gasteiger partial charge in [-0.3, -0.25) is 4.79 Å². The molecule has 1 heterocycles. The zero-order valence-corrected chi connectivity index (χ0v) is 9.49. The summed E-state index contributed by atoms with van der Waals surface area (Å²) in [6.45, 7) is 3.57. The van der Waals surface area contributed by atoms with Crippen LogP contribution in [0.1, 0.15) is 6.42 Å². The number of rotatable bonds is 7. The van der Waals surface area contributed by atoms with Gasteiger partial charge in [0.1, 0.15) is 0 Å². The zero-order chi connectivity index (χ0) is 11.1. The lowest BCUT2D eigenvalue weighted by molar-refractivity contribution is -0.128. The van der Waals surface area contributed by atoms with Crippen molar-refractivity contribution in [2.75, 3.05) is 47.1 Å². The fourth-order valence-electron chi connectivity index (χ4n) is 1.69. The largest absolute Gasteiger partial charge is 0.383 e. The van der Waals surface area contributed by atoms with Crippen LogP contribution in [0, 0.1) is 0 Å². The Kier molecular flexibility index (Phi) is 5.60.